The Morgan fingerprint density at radius 2 is 2.06 bits per heavy atom. The first-order valence-electron chi connectivity index (χ1n) is 5.16. The normalized spacial score (nSPS) is 9.53. The average molecular weight is 237 g/mol. The second kappa shape index (κ2) is 6.41. The molecule has 1 rings (SSSR count). The van der Waals surface area contributed by atoms with E-state index in [1.165, 1.54) is 12.4 Å². The Morgan fingerprint density at radius 1 is 1.29 bits per heavy atom. The smallest absolute Gasteiger partial charge is 0.271 e. The lowest BCUT2D eigenvalue weighted by atomic mass is 10.3. The van der Waals surface area contributed by atoms with Gasteiger partial charge in [0.1, 0.15) is 11.5 Å². The molecule has 7 heteroatoms. The zero-order valence-electron chi connectivity index (χ0n) is 9.78. The van der Waals surface area contributed by atoms with Crippen LogP contribution in [0, 0.1) is 0 Å². The minimum absolute atomic E-state index is 0.125. The van der Waals surface area contributed by atoms with Gasteiger partial charge >= 0.3 is 0 Å². The Morgan fingerprint density at radius 3 is 2.71 bits per heavy atom. The molecule has 1 heterocycles. The zero-order chi connectivity index (χ0) is 12.7. The highest BCUT2D eigenvalue weighted by Gasteiger charge is 2.08. The van der Waals surface area contributed by atoms with Gasteiger partial charge in [-0.1, -0.05) is 0 Å². The molecule has 0 unspecified atom stereocenters. The monoisotopic (exact) mass is 237 g/mol. The highest BCUT2D eigenvalue weighted by molar-refractivity contribution is 5.92. The molecule has 0 saturated carbocycles. The van der Waals surface area contributed by atoms with Crippen LogP contribution in [-0.4, -0.2) is 42.4 Å². The van der Waals surface area contributed by atoms with Crippen LogP contribution in [-0.2, 0) is 4.79 Å². The molecule has 0 saturated heterocycles. The maximum atomic E-state index is 11.6. The van der Waals surface area contributed by atoms with E-state index in [1.54, 1.807) is 14.1 Å². The Labute approximate surface area is 99.0 Å². The van der Waals surface area contributed by atoms with Crippen LogP contribution >= 0.6 is 0 Å². The van der Waals surface area contributed by atoms with Gasteiger partial charge in [0.25, 0.3) is 5.91 Å². The van der Waals surface area contributed by atoms with E-state index >= 15 is 0 Å². The average Bonchev–Trinajstić information content (AvgIpc) is 2.38. The van der Waals surface area contributed by atoms with E-state index in [0.29, 0.717) is 5.82 Å². The van der Waals surface area contributed by atoms with Crippen molar-refractivity contribution in [2.24, 2.45) is 0 Å². The lowest BCUT2D eigenvalue weighted by molar-refractivity contribution is -0.120. The molecule has 17 heavy (non-hydrogen) atoms. The number of rotatable bonds is 5. The quantitative estimate of drug-likeness (QED) is 0.634. The Bertz CT molecular complexity index is 407. The van der Waals surface area contributed by atoms with Gasteiger partial charge in [-0.15, -0.1) is 0 Å². The van der Waals surface area contributed by atoms with Crippen LogP contribution in [0.1, 0.15) is 16.9 Å². The van der Waals surface area contributed by atoms with Gasteiger partial charge in [0.05, 0.1) is 12.4 Å². The van der Waals surface area contributed by atoms with E-state index in [4.69, 9.17) is 0 Å². The van der Waals surface area contributed by atoms with Gasteiger partial charge in [-0.3, -0.25) is 14.6 Å². The third-order valence-corrected chi connectivity index (χ3v) is 2.04. The van der Waals surface area contributed by atoms with Crippen LogP contribution in [0.25, 0.3) is 0 Å². The standard InChI is InChI=1S/C10H15N5O2/c1-11-8-6-13-5-7(15-8)10(17)14-4-3-9(16)12-2/h5-6H,3-4H2,1-2H3,(H,11,15)(H,12,16)(H,14,17). The van der Waals surface area contributed by atoms with Gasteiger partial charge in [0, 0.05) is 27.1 Å². The number of hydrogen-bond acceptors (Lipinski definition) is 5. The van der Waals surface area contributed by atoms with E-state index in [0.717, 1.165) is 0 Å². The number of aromatic nitrogens is 2. The van der Waals surface area contributed by atoms with Crippen molar-refractivity contribution in [1.82, 2.24) is 20.6 Å². The van der Waals surface area contributed by atoms with Crippen LogP contribution < -0.4 is 16.0 Å². The fourth-order valence-electron chi connectivity index (χ4n) is 1.10. The zero-order valence-corrected chi connectivity index (χ0v) is 9.78. The molecule has 0 spiro atoms. The third kappa shape index (κ3) is 4.06. The SMILES string of the molecule is CNC(=O)CCNC(=O)c1cncc(NC)n1. The summed E-state index contributed by atoms with van der Waals surface area (Å²) >= 11 is 0. The van der Waals surface area contributed by atoms with Gasteiger partial charge in [-0.2, -0.15) is 0 Å². The number of amides is 2. The van der Waals surface area contributed by atoms with E-state index in [2.05, 4.69) is 25.9 Å². The van der Waals surface area contributed by atoms with Crippen molar-refractivity contribution in [1.29, 1.82) is 0 Å². The van der Waals surface area contributed by atoms with Crippen molar-refractivity contribution in [3.8, 4) is 0 Å². The summed E-state index contributed by atoms with van der Waals surface area (Å²) < 4.78 is 0. The molecule has 1 aromatic rings. The van der Waals surface area contributed by atoms with E-state index in [-0.39, 0.29) is 30.5 Å². The molecular weight excluding hydrogens is 222 g/mol. The van der Waals surface area contributed by atoms with E-state index in [1.807, 2.05) is 0 Å². The molecular formula is C10H15N5O2. The van der Waals surface area contributed by atoms with Crippen molar-refractivity contribution in [2.45, 2.75) is 6.42 Å². The lowest BCUT2D eigenvalue weighted by Crippen LogP contribution is -2.29. The molecule has 0 aliphatic rings. The Balaban J connectivity index is 2.49. The molecule has 0 radical (unpaired) electrons. The van der Waals surface area contributed by atoms with Crippen LogP contribution in [0.5, 0.6) is 0 Å². The highest BCUT2D eigenvalue weighted by atomic mass is 16.2. The van der Waals surface area contributed by atoms with Gasteiger partial charge in [-0.25, -0.2) is 4.98 Å². The summed E-state index contributed by atoms with van der Waals surface area (Å²) in [4.78, 5) is 30.4. The van der Waals surface area contributed by atoms with Crippen molar-refractivity contribution in [3.05, 3.63) is 18.1 Å². The van der Waals surface area contributed by atoms with Gasteiger partial charge in [-0.05, 0) is 0 Å². The van der Waals surface area contributed by atoms with Crippen LogP contribution in [0.4, 0.5) is 5.82 Å². The summed E-state index contributed by atoms with van der Waals surface area (Å²) in [7, 11) is 3.24. The number of nitrogens with one attached hydrogen (secondary N) is 3. The second-order valence-corrected chi connectivity index (χ2v) is 3.22. The minimum atomic E-state index is -0.349. The second-order valence-electron chi connectivity index (χ2n) is 3.22. The maximum Gasteiger partial charge on any atom is 0.271 e. The molecule has 2 amide bonds. The third-order valence-electron chi connectivity index (χ3n) is 2.04. The van der Waals surface area contributed by atoms with E-state index in [9.17, 15) is 9.59 Å². The first-order valence-corrected chi connectivity index (χ1v) is 5.16. The van der Waals surface area contributed by atoms with Crippen molar-refractivity contribution in [2.75, 3.05) is 26.0 Å². The molecule has 3 N–H and O–H groups in total. The summed E-state index contributed by atoms with van der Waals surface area (Å²) in [6, 6.07) is 0. The maximum absolute atomic E-state index is 11.6. The van der Waals surface area contributed by atoms with Gasteiger partial charge in [0.2, 0.25) is 5.91 Å². The number of carbonyl (C=O) groups excluding carboxylic acids is 2. The van der Waals surface area contributed by atoms with Gasteiger partial charge < -0.3 is 16.0 Å². The van der Waals surface area contributed by atoms with Crippen LogP contribution in [0.15, 0.2) is 12.4 Å². The molecule has 0 fully saturated rings. The lowest BCUT2D eigenvalue weighted by Gasteiger charge is -2.05. The number of anilines is 1. The van der Waals surface area contributed by atoms with Gasteiger partial charge in [0.15, 0.2) is 0 Å². The number of hydrogen-bond donors (Lipinski definition) is 3. The number of carbonyl (C=O) groups is 2. The van der Waals surface area contributed by atoms with Crippen molar-refractivity contribution in [3.63, 3.8) is 0 Å². The summed E-state index contributed by atoms with van der Waals surface area (Å²) in [6.45, 7) is 0.268. The van der Waals surface area contributed by atoms with Crippen molar-refractivity contribution >= 4 is 17.6 Å². The first kappa shape index (κ1) is 12.9. The summed E-state index contributed by atoms with van der Waals surface area (Å²) in [5.74, 6) is 0.0443. The Kier molecular flexibility index (Phi) is 4.86. The molecule has 0 aromatic carbocycles. The fourth-order valence-corrected chi connectivity index (χ4v) is 1.10. The summed E-state index contributed by atoms with van der Waals surface area (Å²) in [5.41, 5.74) is 0.216. The predicted molar refractivity (Wildman–Crippen MR) is 62.6 cm³/mol. The molecule has 0 aliphatic heterocycles. The molecule has 0 aliphatic carbocycles. The number of nitrogens with zero attached hydrogens (tertiary/aromatic N) is 2. The van der Waals surface area contributed by atoms with Crippen LogP contribution in [0.2, 0.25) is 0 Å². The summed E-state index contributed by atoms with van der Waals surface area (Å²) in [5, 5.41) is 7.84. The minimum Gasteiger partial charge on any atom is -0.372 e. The summed E-state index contributed by atoms with van der Waals surface area (Å²) in [6.07, 6.45) is 3.12. The Hall–Kier alpha value is -2.18. The fraction of sp³-hybridized carbons (Fsp3) is 0.400. The predicted octanol–water partition coefficient (Wildman–Crippen LogP) is -0.616. The largest absolute Gasteiger partial charge is 0.372 e. The first-order chi connectivity index (χ1) is 8.17. The van der Waals surface area contributed by atoms with E-state index < -0.39 is 0 Å². The molecule has 0 bridgehead atoms. The molecule has 1 aromatic heterocycles. The molecule has 92 valence electrons. The molecule has 7 nitrogen and oxygen atoms in total. The van der Waals surface area contributed by atoms with Crippen LogP contribution in [0.3, 0.4) is 0 Å². The topological polar surface area (TPSA) is 96.0 Å². The molecule has 0 atom stereocenters. The van der Waals surface area contributed by atoms with Crippen molar-refractivity contribution < 1.29 is 9.59 Å². The highest BCUT2D eigenvalue weighted by Crippen LogP contribution is 2.00.